The van der Waals surface area contributed by atoms with E-state index < -0.39 is 0 Å². The highest BCUT2D eigenvalue weighted by molar-refractivity contribution is 5.94. The van der Waals surface area contributed by atoms with Crippen LogP contribution in [0.3, 0.4) is 0 Å². The third-order valence-corrected chi connectivity index (χ3v) is 4.92. The van der Waals surface area contributed by atoms with E-state index in [-0.39, 0.29) is 11.4 Å². The Morgan fingerprint density at radius 3 is 2.64 bits per heavy atom. The van der Waals surface area contributed by atoms with E-state index in [2.05, 4.69) is 27.6 Å². The van der Waals surface area contributed by atoms with Gasteiger partial charge in [-0.3, -0.25) is 9.79 Å². The zero-order valence-electron chi connectivity index (χ0n) is 18.0. The van der Waals surface area contributed by atoms with Gasteiger partial charge in [0.05, 0.1) is 0 Å². The second-order valence-electron chi connectivity index (χ2n) is 8.57. The van der Waals surface area contributed by atoms with Crippen LogP contribution in [0.4, 0.5) is 0 Å². The van der Waals surface area contributed by atoms with Crippen molar-refractivity contribution in [2.24, 2.45) is 10.9 Å². The van der Waals surface area contributed by atoms with Gasteiger partial charge in [-0.25, -0.2) is 0 Å². The highest BCUT2D eigenvalue weighted by Gasteiger charge is 2.17. The average molecular weight is 389 g/mol. The number of ether oxygens (including phenoxy) is 1. The number of carbonyl (C=O) groups excluding carboxylic acids is 1. The van der Waals surface area contributed by atoms with Gasteiger partial charge in [0.15, 0.2) is 5.96 Å². The largest absolute Gasteiger partial charge is 0.381 e. The SMILES string of the molecule is CN=C(NCc1cccc(C(=O)NC(C)(C)C)c1)N(C)CCC1CCOCC1. The molecule has 2 N–H and O–H groups in total. The summed E-state index contributed by atoms with van der Waals surface area (Å²) in [7, 11) is 3.88. The smallest absolute Gasteiger partial charge is 0.251 e. The van der Waals surface area contributed by atoms with E-state index in [0.29, 0.717) is 12.1 Å². The van der Waals surface area contributed by atoms with Gasteiger partial charge in [-0.15, -0.1) is 0 Å². The molecule has 0 spiro atoms. The summed E-state index contributed by atoms with van der Waals surface area (Å²) in [6.07, 6.45) is 3.47. The highest BCUT2D eigenvalue weighted by atomic mass is 16.5. The zero-order valence-corrected chi connectivity index (χ0v) is 18.0. The van der Waals surface area contributed by atoms with Crippen LogP contribution < -0.4 is 10.6 Å². The zero-order chi connectivity index (χ0) is 20.6. The molecule has 0 saturated carbocycles. The monoisotopic (exact) mass is 388 g/mol. The molecule has 6 heteroatoms. The molecule has 1 fully saturated rings. The number of carbonyl (C=O) groups is 1. The molecule has 156 valence electrons. The van der Waals surface area contributed by atoms with E-state index >= 15 is 0 Å². The topological polar surface area (TPSA) is 66.0 Å². The molecule has 0 aliphatic carbocycles. The predicted octanol–water partition coefficient (Wildman–Crippen LogP) is 3.04. The lowest BCUT2D eigenvalue weighted by Crippen LogP contribution is -2.41. The van der Waals surface area contributed by atoms with Crippen molar-refractivity contribution in [2.45, 2.75) is 52.1 Å². The minimum atomic E-state index is -0.249. The van der Waals surface area contributed by atoms with E-state index in [1.54, 1.807) is 7.05 Å². The molecule has 1 heterocycles. The summed E-state index contributed by atoms with van der Waals surface area (Å²) in [6, 6.07) is 7.73. The van der Waals surface area contributed by atoms with Crippen LogP contribution >= 0.6 is 0 Å². The number of guanidine groups is 1. The van der Waals surface area contributed by atoms with Gasteiger partial charge in [-0.2, -0.15) is 0 Å². The van der Waals surface area contributed by atoms with Crippen LogP contribution in [0.5, 0.6) is 0 Å². The molecule has 1 amide bonds. The van der Waals surface area contributed by atoms with Crippen molar-refractivity contribution in [3.8, 4) is 0 Å². The standard InChI is InChI=1S/C22H36N4O2/c1-22(2,3)25-20(27)19-8-6-7-18(15-19)16-24-21(23-4)26(5)12-9-17-10-13-28-14-11-17/h6-8,15,17H,9-14,16H2,1-5H3,(H,23,24)(H,25,27). The van der Waals surface area contributed by atoms with Crippen LogP contribution in [0.15, 0.2) is 29.3 Å². The molecular weight excluding hydrogens is 352 g/mol. The number of nitrogens with zero attached hydrogens (tertiary/aromatic N) is 2. The Morgan fingerprint density at radius 1 is 1.29 bits per heavy atom. The van der Waals surface area contributed by atoms with Crippen molar-refractivity contribution in [3.63, 3.8) is 0 Å². The molecule has 1 saturated heterocycles. The van der Waals surface area contributed by atoms with Crippen molar-refractivity contribution >= 4 is 11.9 Å². The van der Waals surface area contributed by atoms with Crippen LogP contribution in [0.2, 0.25) is 0 Å². The normalized spacial score (nSPS) is 16.0. The lowest BCUT2D eigenvalue weighted by Gasteiger charge is -2.27. The van der Waals surface area contributed by atoms with Gasteiger partial charge in [0, 0.05) is 51.5 Å². The Morgan fingerprint density at radius 2 is 2.00 bits per heavy atom. The Labute approximate surface area is 169 Å². The van der Waals surface area contributed by atoms with E-state index in [9.17, 15) is 4.79 Å². The molecule has 0 radical (unpaired) electrons. The maximum absolute atomic E-state index is 12.4. The molecule has 2 rings (SSSR count). The van der Waals surface area contributed by atoms with Gasteiger partial charge >= 0.3 is 0 Å². The van der Waals surface area contributed by atoms with Crippen molar-refractivity contribution < 1.29 is 9.53 Å². The molecule has 1 aliphatic heterocycles. The first-order valence-electron chi connectivity index (χ1n) is 10.2. The first kappa shape index (κ1) is 22.2. The summed E-state index contributed by atoms with van der Waals surface area (Å²) in [5.41, 5.74) is 1.48. The molecule has 1 aromatic rings. The molecule has 0 unspecified atom stereocenters. The van der Waals surface area contributed by atoms with E-state index in [4.69, 9.17) is 4.74 Å². The Kier molecular flexibility index (Phi) is 8.30. The summed E-state index contributed by atoms with van der Waals surface area (Å²) in [4.78, 5) is 19.0. The fraction of sp³-hybridized carbons (Fsp3) is 0.636. The summed E-state index contributed by atoms with van der Waals surface area (Å²) in [5.74, 6) is 1.57. The third kappa shape index (κ3) is 7.50. The fourth-order valence-corrected chi connectivity index (χ4v) is 3.32. The van der Waals surface area contributed by atoms with Crippen LogP contribution in [0, 0.1) is 5.92 Å². The molecule has 0 aromatic heterocycles. The lowest BCUT2D eigenvalue weighted by atomic mass is 9.96. The number of benzene rings is 1. The molecule has 6 nitrogen and oxygen atoms in total. The average Bonchev–Trinajstić information content (AvgIpc) is 2.66. The summed E-state index contributed by atoms with van der Waals surface area (Å²) < 4.78 is 5.44. The Balaban J connectivity index is 1.86. The van der Waals surface area contributed by atoms with Crippen LogP contribution in [-0.4, -0.2) is 56.2 Å². The summed E-state index contributed by atoms with van der Waals surface area (Å²) in [5, 5.41) is 6.41. The number of aliphatic imine (C=N–C) groups is 1. The van der Waals surface area contributed by atoms with Crippen molar-refractivity contribution in [1.82, 2.24) is 15.5 Å². The predicted molar refractivity (Wildman–Crippen MR) is 115 cm³/mol. The van der Waals surface area contributed by atoms with E-state index in [0.717, 1.165) is 56.5 Å². The summed E-state index contributed by atoms with van der Waals surface area (Å²) >= 11 is 0. The molecule has 0 bridgehead atoms. The van der Waals surface area contributed by atoms with Gasteiger partial charge in [0.1, 0.15) is 0 Å². The quantitative estimate of drug-likeness (QED) is 0.581. The van der Waals surface area contributed by atoms with Crippen LogP contribution in [-0.2, 0) is 11.3 Å². The third-order valence-electron chi connectivity index (χ3n) is 4.92. The van der Waals surface area contributed by atoms with Crippen molar-refractivity contribution in [3.05, 3.63) is 35.4 Å². The molecule has 28 heavy (non-hydrogen) atoms. The van der Waals surface area contributed by atoms with Gasteiger partial charge in [0.2, 0.25) is 0 Å². The first-order valence-corrected chi connectivity index (χ1v) is 10.2. The first-order chi connectivity index (χ1) is 13.3. The van der Waals surface area contributed by atoms with Crippen LogP contribution in [0.25, 0.3) is 0 Å². The fourth-order valence-electron chi connectivity index (χ4n) is 3.32. The van der Waals surface area contributed by atoms with Crippen LogP contribution in [0.1, 0.15) is 56.0 Å². The highest BCUT2D eigenvalue weighted by Crippen LogP contribution is 2.18. The number of hydrogen-bond donors (Lipinski definition) is 2. The van der Waals surface area contributed by atoms with Crippen molar-refractivity contribution in [2.75, 3.05) is 33.9 Å². The maximum atomic E-state index is 12.4. The van der Waals surface area contributed by atoms with Crippen molar-refractivity contribution in [1.29, 1.82) is 0 Å². The molecule has 1 aromatic carbocycles. The Bertz CT molecular complexity index is 661. The second kappa shape index (κ2) is 10.5. The number of rotatable bonds is 6. The summed E-state index contributed by atoms with van der Waals surface area (Å²) in [6.45, 7) is 9.33. The lowest BCUT2D eigenvalue weighted by molar-refractivity contribution is 0.0625. The molecule has 1 aliphatic rings. The maximum Gasteiger partial charge on any atom is 0.251 e. The Hall–Kier alpha value is -2.08. The number of nitrogens with one attached hydrogen (secondary N) is 2. The van der Waals surface area contributed by atoms with E-state index in [1.165, 1.54) is 0 Å². The van der Waals surface area contributed by atoms with Gasteiger partial charge in [-0.05, 0) is 63.6 Å². The molecule has 0 atom stereocenters. The van der Waals surface area contributed by atoms with E-state index in [1.807, 2.05) is 45.0 Å². The molecular formula is C22H36N4O2. The number of hydrogen-bond acceptors (Lipinski definition) is 3. The van der Waals surface area contributed by atoms with Gasteiger partial charge < -0.3 is 20.3 Å². The van der Waals surface area contributed by atoms with Gasteiger partial charge in [-0.1, -0.05) is 12.1 Å². The minimum Gasteiger partial charge on any atom is -0.381 e. The minimum absolute atomic E-state index is 0.0488. The second-order valence-corrected chi connectivity index (χ2v) is 8.57. The number of amides is 1. The van der Waals surface area contributed by atoms with Gasteiger partial charge in [0.25, 0.3) is 5.91 Å².